The van der Waals surface area contributed by atoms with Gasteiger partial charge in [-0.05, 0) is 18.6 Å². The second-order valence-electron chi connectivity index (χ2n) is 3.63. The van der Waals surface area contributed by atoms with Crippen molar-refractivity contribution in [2.45, 2.75) is 13.3 Å². The largest absolute Gasteiger partial charge is 0.502 e. The summed E-state index contributed by atoms with van der Waals surface area (Å²) in [5.41, 5.74) is 0.334. The molecule has 6 nitrogen and oxygen atoms in total. The minimum atomic E-state index is -0.609. The molecule has 0 unspecified atom stereocenters. The molecule has 0 atom stereocenters. The molecule has 0 spiro atoms. The highest BCUT2D eigenvalue weighted by Gasteiger charge is 2.20. The molecule has 0 aliphatic rings. The van der Waals surface area contributed by atoms with Crippen LogP contribution in [0.2, 0.25) is 0 Å². The molecule has 0 aliphatic carbocycles. The lowest BCUT2D eigenvalue weighted by molar-refractivity contribution is -0.134. The van der Waals surface area contributed by atoms with Gasteiger partial charge in [0.2, 0.25) is 0 Å². The van der Waals surface area contributed by atoms with Gasteiger partial charge in [0.25, 0.3) is 0 Å². The van der Waals surface area contributed by atoms with Crippen LogP contribution in [0, 0.1) is 0 Å². The third-order valence-electron chi connectivity index (χ3n) is 2.28. The van der Waals surface area contributed by atoms with E-state index in [0.717, 1.165) is 6.42 Å². The quantitative estimate of drug-likeness (QED) is 0.445. The molecule has 0 aliphatic heterocycles. The number of ether oxygens (including phenoxy) is 3. The van der Waals surface area contributed by atoms with Gasteiger partial charge < -0.3 is 18.8 Å². The van der Waals surface area contributed by atoms with E-state index in [2.05, 4.69) is 4.74 Å². The molecule has 0 radical (unpaired) electrons. The zero-order chi connectivity index (χ0) is 14.3. The van der Waals surface area contributed by atoms with Crippen molar-refractivity contribution in [2.24, 2.45) is 0 Å². The van der Waals surface area contributed by atoms with Crippen molar-refractivity contribution < 1.29 is 23.8 Å². The van der Waals surface area contributed by atoms with E-state index in [1.165, 1.54) is 25.0 Å². The summed E-state index contributed by atoms with van der Waals surface area (Å²) in [5, 5.41) is 0. The van der Waals surface area contributed by atoms with E-state index < -0.39 is 11.9 Å². The number of hydrogen-bond acceptors (Lipinski definition) is 5. The number of aromatic nitrogens is 1. The third kappa shape index (κ3) is 3.61. The Morgan fingerprint density at radius 3 is 2.68 bits per heavy atom. The molecule has 6 heteroatoms. The van der Waals surface area contributed by atoms with Gasteiger partial charge in [-0.3, -0.25) is 0 Å². The Hall–Kier alpha value is -2.24. The summed E-state index contributed by atoms with van der Waals surface area (Å²) in [6.45, 7) is 2.22. The maximum Gasteiger partial charge on any atom is 0.358 e. The van der Waals surface area contributed by atoms with E-state index in [1.807, 2.05) is 6.92 Å². The summed E-state index contributed by atoms with van der Waals surface area (Å²) in [6.07, 6.45) is 3.50. The van der Waals surface area contributed by atoms with Gasteiger partial charge in [0.1, 0.15) is 12.0 Å². The minimum absolute atomic E-state index is 0.0958. The highest BCUT2D eigenvalue weighted by atomic mass is 16.5. The van der Waals surface area contributed by atoms with E-state index in [0.29, 0.717) is 6.61 Å². The summed E-state index contributed by atoms with van der Waals surface area (Å²) >= 11 is 0. The van der Waals surface area contributed by atoms with Crippen molar-refractivity contribution in [1.82, 2.24) is 4.57 Å². The fourth-order valence-corrected chi connectivity index (χ4v) is 1.45. The van der Waals surface area contributed by atoms with Crippen molar-refractivity contribution in [3.8, 4) is 0 Å². The number of nitrogens with zero attached hydrogens (tertiary/aromatic N) is 1. The second-order valence-corrected chi connectivity index (χ2v) is 3.63. The number of carbonyl (C=O) groups excluding carboxylic acids is 2. The van der Waals surface area contributed by atoms with Gasteiger partial charge in [-0.15, -0.1) is 0 Å². The van der Waals surface area contributed by atoms with Crippen LogP contribution < -0.4 is 0 Å². The van der Waals surface area contributed by atoms with Crippen LogP contribution in [0.25, 0.3) is 5.70 Å². The second kappa shape index (κ2) is 7.25. The molecule has 0 N–H and O–H groups in total. The Kier molecular flexibility index (Phi) is 5.66. The lowest BCUT2D eigenvalue weighted by Crippen LogP contribution is -2.17. The van der Waals surface area contributed by atoms with Crippen LogP contribution in [-0.4, -0.2) is 37.3 Å². The molecule has 1 aromatic rings. The van der Waals surface area contributed by atoms with Gasteiger partial charge in [-0.1, -0.05) is 6.92 Å². The Morgan fingerprint density at radius 1 is 1.37 bits per heavy atom. The highest BCUT2D eigenvalue weighted by molar-refractivity contribution is 6.11. The minimum Gasteiger partial charge on any atom is -0.502 e. The van der Waals surface area contributed by atoms with Gasteiger partial charge in [0, 0.05) is 6.20 Å². The molecule has 0 amide bonds. The van der Waals surface area contributed by atoms with E-state index in [1.54, 1.807) is 18.3 Å². The summed E-state index contributed by atoms with van der Waals surface area (Å²) in [4.78, 5) is 23.5. The topological polar surface area (TPSA) is 66.8 Å². The van der Waals surface area contributed by atoms with Crippen molar-refractivity contribution in [3.63, 3.8) is 0 Å². The fourth-order valence-electron chi connectivity index (χ4n) is 1.45. The summed E-state index contributed by atoms with van der Waals surface area (Å²) in [7, 11) is 2.66. The molecule has 19 heavy (non-hydrogen) atoms. The van der Waals surface area contributed by atoms with Crippen LogP contribution in [0.3, 0.4) is 0 Å². The van der Waals surface area contributed by atoms with E-state index in [-0.39, 0.29) is 11.4 Å². The first-order chi connectivity index (χ1) is 9.15. The SMILES string of the molecule is CCCOC(=O)c1cccn1C(=COC)C(=O)OC. The lowest BCUT2D eigenvalue weighted by Gasteiger charge is -2.10. The molecular weight excluding hydrogens is 250 g/mol. The average molecular weight is 267 g/mol. The first-order valence-corrected chi connectivity index (χ1v) is 5.81. The third-order valence-corrected chi connectivity index (χ3v) is 2.28. The standard InChI is InChI=1S/C13H17NO5/c1-4-8-19-13(16)10-6-5-7-14(10)11(9-17-2)12(15)18-3/h5-7,9H,4,8H2,1-3H3. The number of methoxy groups -OCH3 is 2. The number of hydrogen-bond donors (Lipinski definition) is 0. The fraction of sp³-hybridized carbons (Fsp3) is 0.385. The van der Waals surface area contributed by atoms with Crippen LogP contribution in [0.15, 0.2) is 24.6 Å². The van der Waals surface area contributed by atoms with Crippen molar-refractivity contribution in [1.29, 1.82) is 0 Å². The molecule has 104 valence electrons. The van der Waals surface area contributed by atoms with Crippen molar-refractivity contribution in [2.75, 3.05) is 20.8 Å². The van der Waals surface area contributed by atoms with E-state index in [9.17, 15) is 9.59 Å². The molecule has 1 aromatic heterocycles. The zero-order valence-corrected chi connectivity index (χ0v) is 11.2. The monoisotopic (exact) mass is 267 g/mol. The van der Waals surface area contributed by atoms with Gasteiger partial charge in [-0.2, -0.15) is 0 Å². The van der Waals surface area contributed by atoms with Gasteiger partial charge in [0.05, 0.1) is 20.8 Å². The summed E-state index contributed by atoms with van der Waals surface area (Å²) in [5.74, 6) is -1.11. The van der Waals surface area contributed by atoms with Crippen LogP contribution in [0.4, 0.5) is 0 Å². The Bertz CT molecular complexity index is 475. The Morgan fingerprint density at radius 2 is 2.11 bits per heavy atom. The van der Waals surface area contributed by atoms with Crippen LogP contribution in [0.5, 0.6) is 0 Å². The molecule has 0 saturated heterocycles. The predicted molar refractivity (Wildman–Crippen MR) is 68.3 cm³/mol. The highest BCUT2D eigenvalue weighted by Crippen LogP contribution is 2.14. The van der Waals surface area contributed by atoms with Gasteiger partial charge >= 0.3 is 11.9 Å². The Balaban J connectivity index is 3.06. The maximum absolute atomic E-state index is 11.8. The van der Waals surface area contributed by atoms with Gasteiger partial charge in [0.15, 0.2) is 5.70 Å². The van der Waals surface area contributed by atoms with Crippen LogP contribution >= 0.6 is 0 Å². The first kappa shape index (κ1) is 14.8. The van der Waals surface area contributed by atoms with E-state index >= 15 is 0 Å². The van der Waals surface area contributed by atoms with Crippen molar-refractivity contribution >= 4 is 17.6 Å². The zero-order valence-electron chi connectivity index (χ0n) is 11.2. The molecule has 0 aromatic carbocycles. The normalized spacial score (nSPS) is 11.0. The maximum atomic E-state index is 11.8. The number of esters is 2. The summed E-state index contributed by atoms with van der Waals surface area (Å²) < 4.78 is 15.9. The molecular formula is C13H17NO5. The molecule has 0 bridgehead atoms. The molecule has 1 rings (SSSR count). The van der Waals surface area contributed by atoms with Crippen LogP contribution in [0.1, 0.15) is 23.8 Å². The molecule has 0 saturated carbocycles. The number of carbonyl (C=O) groups is 2. The Labute approximate surface area is 111 Å². The molecule has 1 heterocycles. The summed E-state index contributed by atoms with van der Waals surface area (Å²) in [6, 6.07) is 3.19. The predicted octanol–water partition coefficient (Wildman–Crippen LogP) is 1.67. The average Bonchev–Trinajstić information content (AvgIpc) is 2.90. The van der Waals surface area contributed by atoms with Crippen molar-refractivity contribution in [3.05, 3.63) is 30.3 Å². The lowest BCUT2D eigenvalue weighted by atomic mass is 10.4. The number of rotatable bonds is 6. The van der Waals surface area contributed by atoms with Gasteiger partial charge in [-0.25, -0.2) is 9.59 Å². The van der Waals surface area contributed by atoms with Crippen LogP contribution in [-0.2, 0) is 19.0 Å². The molecule has 0 fully saturated rings. The van der Waals surface area contributed by atoms with E-state index in [4.69, 9.17) is 9.47 Å². The smallest absolute Gasteiger partial charge is 0.358 e. The first-order valence-electron chi connectivity index (χ1n) is 5.81.